The van der Waals surface area contributed by atoms with Crippen LogP contribution in [0.1, 0.15) is 43.0 Å². The molecule has 0 radical (unpaired) electrons. The quantitative estimate of drug-likeness (QED) is 0.281. The van der Waals surface area contributed by atoms with Gasteiger partial charge >= 0.3 is 0 Å². The fraction of sp³-hybridized carbons (Fsp3) is 0.500. The van der Waals surface area contributed by atoms with Crippen molar-refractivity contribution in [2.45, 2.75) is 32.6 Å². The second-order valence-corrected chi connectivity index (χ2v) is 9.97. The molecular weight excluding hydrogens is 490 g/mol. The molecule has 0 atom stereocenters. The van der Waals surface area contributed by atoms with Crippen LogP contribution in [0.4, 0.5) is 5.13 Å². The predicted molar refractivity (Wildman–Crippen MR) is 148 cm³/mol. The van der Waals surface area contributed by atoms with Gasteiger partial charge in [0.05, 0.1) is 34.0 Å². The Morgan fingerprint density at radius 1 is 1.03 bits per heavy atom. The number of aromatic nitrogens is 1. The summed E-state index contributed by atoms with van der Waals surface area (Å²) in [5, 5.41) is 0.629. The molecule has 1 amide bonds. The summed E-state index contributed by atoms with van der Waals surface area (Å²) < 4.78 is 23.3. The summed E-state index contributed by atoms with van der Waals surface area (Å²) in [6.07, 6.45) is 4.16. The average molecular weight is 528 g/mol. The molecular formula is C28H37N3O5S. The molecule has 0 N–H and O–H groups in total. The monoisotopic (exact) mass is 527 g/mol. The number of amides is 1. The van der Waals surface area contributed by atoms with E-state index in [9.17, 15) is 4.79 Å². The number of hydrogen-bond acceptors (Lipinski definition) is 8. The van der Waals surface area contributed by atoms with Gasteiger partial charge in [-0.3, -0.25) is 14.6 Å². The van der Waals surface area contributed by atoms with E-state index in [0.29, 0.717) is 40.9 Å². The lowest BCUT2D eigenvalue weighted by Gasteiger charge is -2.27. The van der Waals surface area contributed by atoms with E-state index in [-0.39, 0.29) is 5.91 Å². The van der Waals surface area contributed by atoms with E-state index in [4.69, 9.17) is 23.9 Å². The Morgan fingerprint density at radius 2 is 1.76 bits per heavy atom. The molecule has 0 spiro atoms. The zero-order valence-corrected chi connectivity index (χ0v) is 22.8. The van der Waals surface area contributed by atoms with Crippen molar-refractivity contribution in [1.82, 2.24) is 9.88 Å². The molecule has 1 saturated heterocycles. The lowest BCUT2D eigenvalue weighted by Crippen LogP contribution is -2.39. The third-order valence-corrected chi connectivity index (χ3v) is 7.55. The van der Waals surface area contributed by atoms with E-state index in [1.165, 1.54) is 11.3 Å². The van der Waals surface area contributed by atoms with Gasteiger partial charge in [-0.1, -0.05) is 31.1 Å². The number of rotatable bonds is 13. The SMILES string of the molecule is CCCCCOc1ccc(C(=O)N(CCCN2CCOCC2)c2nc3c(OC)ccc(OC)c3s2)cc1. The molecule has 0 aliphatic carbocycles. The number of fused-ring (bicyclic) bond motifs is 1. The van der Waals surface area contributed by atoms with Gasteiger partial charge in [0.15, 0.2) is 5.13 Å². The minimum atomic E-state index is -0.0866. The molecule has 0 unspecified atom stereocenters. The third kappa shape index (κ3) is 6.91. The fourth-order valence-electron chi connectivity index (χ4n) is 4.34. The molecule has 4 rings (SSSR count). The van der Waals surface area contributed by atoms with Crippen LogP contribution in [0.15, 0.2) is 36.4 Å². The number of methoxy groups -OCH3 is 2. The van der Waals surface area contributed by atoms with Gasteiger partial charge in [0.2, 0.25) is 0 Å². The van der Waals surface area contributed by atoms with Crippen LogP contribution in [0.5, 0.6) is 17.2 Å². The van der Waals surface area contributed by atoms with Crippen LogP contribution in [0.25, 0.3) is 10.2 Å². The zero-order valence-electron chi connectivity index (χ0n) is 22.0. The number of benzene rings is 2. The molecule has 0 saturated carbocycles. The summed E-state index contributed by atoms with van der Waals surface area (Å²) in [5.41, 5.74) is 1.30. The van der Waals surface area contributed by atoms with Gasteiger partial charge < -0.3 is 18.9 Å². The van der Waals surface area contributed by atoms with Crippen molar-refractivity contribution in [3.63, 3.8) is 0 Å². The van der Waals surface area contributed by atoms with Crippen molar-refractivity contribution in [1.29, 1.82) is 0 Å². The molecule has 0 bridgehead atoms. The topological polar surface area (TPSA) is 73.4 Å². The highest BCUT2D eigenvalue weighted by Crippen LogP contribution is 2.40. The lowest BCUT2D eigenvalue weighted by atomic mass is 10.2. The normalized spacial score (nSPS) is 14.0. The fourth-order valence-corrected chi connectivity index (χ4v) is 5.44. The van der Waals surface area contributed by atoms with E-state index in [1.807, 2.05) is 36.4 Å². The molecule has 37 heavy (non-hydrogen) atoms. The summed E-state index contributed by atoms with van der Waals surface area (Å²) in [4.78, 5) is 22.8. The first-order chi connectivity index (χ1) is 18.1. The molecule has 9 heteroatoms. The molecule has 1 aromatic heterocycles. The number of morpholine rings is 1. The Kier molecular flexibility index (Phi) is 9.99. The standard InChI is InChI=1S/C28H37N3O5S/c1-4-5-6-18-36-22-10-8-21(9-11-22)27(32)31(15-7-14-30-16-19-35-20-17-30)28-29-25-23(33-2)12-13-24(34-3)26(25)37-28/h8-13H,4-7,14-20H2,1-3H3. The van der Waals surface area contributed by atoms with Crippen molar-refractivity contribution in [2.24, 2.45) is 0 Å². The molecule has 8 nitrogen and oxygen atoms in total. The number of nitrogens with zero attached hydrogens (tertiary/aromatic N) is 3. The number of hydrogen-bond donors (Lipinski definition) is 0. The van der Waals surface area contributed by atoms with Crippen LogP contribution in [0, 0.1) is 0 Å². The summed E-state index contributed by atoms with van der Waals surface area (Å²) in [6.45, 7) is 7.66. The molecule has 200 valence electrons. The highest BCUT2D eigenvalue weighted by atomic mass is 32.1. The Bertz CT molecular complexity index is 1100. The van der Waals surface area contributed by atoms with Crippen LogP contribution in [0.3, 0.4) is 0 Å². The zero-order chi connectivity index (χ0) is 26.0. The molecule has 3 aromatic rings. The largest absolute Gasteiger partial charge is 0.495 e. The second kappa shape index (κ2) is 13.6. The second-order valence-electron chi connectivity index (χ2n) is 8.99. The molecule has 2 aromatic carbocycles. The van der Waals surface area contributed by atoms with Gasteiger partial charge in [-0.05, 0) is 49.2 Å². The minimum Gasteiger partial charge on any atom is -0.495 e. The Labute approximate surface area is 223 Å². The van der Waals surface area contributed by atoms with Crippen LogP contribution < -0.4 is 19.1 Å². The van der Waals surface area contributed by atoms with E-state index < -0.39 is 0 Å². The van der Waals surface area contributed by atoms with Crippen LogP contribution in [0.2, 0.25) is 0 Å². The maximum absolute atomic E-state index is 13.8. The molecule has 1 aliphatic rings. The summed E-state index contributed by atoms with van der Waals surface area (Å²) >= 11 is 1.44. The minimum absolute atomic E-state index is 0.0866. The van der Waals surface area contributed by atoms with Crippen molar-refractivity contribution in [3.05, 3.63) is 42.0 Å². The van der Waals surface area contributed by atoms with Crippen LogP contribution in [-0.4, -0.2) is 76.0 Å². The van der Waals surface area contributed by atoms with Gasteiger partial charge in [-0.2, -0.15) is 0 Å². The highest BCUT2D eigenvalue weighted by Gasteiger charge is 2.24. The number of unbranched alkanes of at least 4 members (excludes halogenated alkanes) is 2. The Balaban J connectivity index is 1.56. The van der Waals surface area contributed by atoms with Crippen molar-refractivity contribution < 1.29 is 23.7 Å². The number of carbonyl (C=O) groups excluding carboxylic acids is 1. The summed E-state index contributed by atoms with van der Waals surface area (Å²) in [6, 6.07) is 11.1. The maximum atomic E-state index is 13.8. The first kappa shape index (κ1) is 27.2. The average Bonchev–Trinajstić information content (AvgIpc) is 3.39. The molecule has 1 fully saturated rings. The van der Waals surface area contributed by atoms with E-state index >= 15 is 0 Å². The summed E-state index contributed by atoms with van der Waals surface area (Å²) in [7, 11) is 3.26. The van der Waals surface area contributed by atoms with Crippen molar-refractivity contribution >= 4 is 32.6 Å². The first-order valence-electron chi connectivity index (χ1n) is 13.0. The van der Waals surface area contributed by atoms with E-state index in [2.05, 4.69) is 11.8 Å². The van der Waals surface area contributed by atoms with Gasteiger partial charge in [0.25, 0.3) is 5.91 Å². The van der Waals surface area contributed by atoms with Gasteiger partial charge in [-0.15, -0.1) is 0 Å². The number of carbonyl (C=O) groups is 1. The van der Waals surface area contributed by atoms with Crippen LogP contribution >= 0.6 is 11.3 Å². The van der Waals surface area contributed by atoms with Gasteiger partial charge in [0, 0.05) is 31.7 Å². The highest BCUT2D eigenvalue weighted by molar-refractivity contribution is 7.22. The maximum Gasteiger partial charge on any atom is 0.260 e. The summed E-state index contributed by atoms with van der Waals surface area (Å²) in [5.74, 6) is 2.06. The smallest absolute Gasteiger partial charge is 0.260 e. The number of anilines is 1. The van der Waals surface area contributed by atoms with Crippen molar-refractivity contribution in [2.75, 3.05) is 65.1 Å². The number of ether oxygens (including phenoxy) is 4. The van der Waals surface area contributed by atoms with E-state index in [1.54, 1.807) is 19.1 Å². The lowest BCUT2D eigenvalue weighted by molar-refractivity contribution is 0.0376. The Hall–Kier alpha value is -2.88. The van der Waals surface area contributed by atoms with Gasteiger partial charge in [0.1, 0.15) is 27.5 Å². The Morgan fingerprint density at radius 3 is 2.46 bits per heavy atom. The third-order valence-electron chi connectivity index (χ3n) is 6.45. The predicted octanol–water partition coefficient (Wildman–Crippen LogP) is 5.25. The molecule has 1 aliphatic heterocycles. The van der Waals surface area contributed by atoms with Gasteiger partial charge in [-0.25, -0.2) is 4.98 Å². The van der Waals surface area contributed by atoms with E-state index in [0.717, 1.165) is 69.0 Å². The van der Waals surface area contributed by atoms with Crippen LogP contribution in [-0.2, 0) is 4.74 Å². The number of thiazole rings is 1. The first-order valence-corrected chi connectivity index (χ1v) is 13.8. The van der Waals surface area contributed by atoms with Crippen molar-refractivity contribution in [3.8, 4) is 17.2 Å². The molecule has 2 heterocycles.